The molecule has 0 radical (unpaired) electrons. The first-order valence-electron chi connectivity index (χ1n) is 12.6. The SMILES string of the molecule is CN=C(N)N1C=CC2(CNCCO)C=CC3C(O)(COC)C(C(=O)O)=C4CC5CCC(C)C43C52C1. The van der Waals surface area contributed by atoms with Gasteiger partial charge >= 0.3 is 5.97 Å². The molecule has 7 atom stereocenters. The predicted octanol–water partition coefficient (Wildman–Crippen LogP) is 0.709. The maximum Gasteiger partial charge on any atom is 0.334 e. The van der Waals surface area contributed by atoms with E-state index < -0.39 is 33.7 Å². The lowest BCUT2D eigenvalue weighted by Gasteiger charge is -2.68. The van der Waals surface area contributed by atoms with Crippen LogP contribution in [-0.2, 0) is 9.53 Å². The number of nitrogens with zero attached hydrogens (tertiary/aromatic N) is 2. The molecule has 7 unspecified atom stereocenters. The molecule has 0 aromatic carbocycles. The van der Waals surface area contributed by atoms with Crippen LogP contribution in [0, 0.1) is 34.0 Å². The number of rotatable bonds is 7. The molecule has 5 aliphatic rings. The second kappa shape index (κ2) is 8.16. The van der Waals surface area contributed by atoms with Gasteiger partial charge in [0.15, 0.2) is 5.96 Å². The summed E-state index contributed by atoms with van der Waals surface area (Å²) in [6.07, 6.45) is 11.0. The van der Waals surface area contributed by atoms with Crippen LogP contribution >= 0.6 is 0 Å². The van der Waals surface area contributed by atoms with E-state index in [4.69, 9.17) is 10.5 Å². The summed E-state index contributed by atoms with van der Waals surface area (Å²) < 4.78 is 5.47. The van der Waals surface area contributed by atoms with Crippen LogP contribution in [0.5, 0.6) is 0 Å². The molecule has 192 valence electrons. The average Bonchev–Trinajstić information content (AvgIpc) is 3.17. The highest BCUT2D eigenvalue weighted by molar-refractivity contribution is 5.92. The fourth-order valence-electron chi connectivity index (χ4n) is 9.12. The first-order chi connectivity index (χ1) is 16.7. The Labute approximate surface area is 206 Å². The van der Waals surface area contributed by atoms with E-state index in [0.717, 1.165) is 18.4 Å². The fourth-order valence-corrected chi connectivity index (χ4v) is 9.12. The zero-order valence-corrected chi connectivity index (χ0v) is 20.8. The van der Waals surface area contributed by atoms with Crippen LogP contribution in [0.1, 0.15) is 26.2 Å². The van der Waals surface area contributed by atoms with Gasteiger partial charge in [0, 0.05) is 62.2 Å². The summed E-state index contributed by atoms with van der Waals surface area (Å²) in [6, 6.07) is 0. The van der Waals surface area contributed by atoms with Gasteiger partial charge in [-0.3, -0.25) is 4.99 Å². The molecule has 4 aliphatic carbocycles. The van der Waals surface area contributed by atoms with E-state index >= 15 is 0 Å². The van der Waals surface area contributed by atoms with Crippen molar-refractivity contribution >= 4 is 11.9 Å². The number of hydrogen-bond acceptors (Lipinski definition) is 6. The molecule has 9 heteroatoms. The number of allylic oxidation sites excluding steroid dienone is 1. The molecule has 0 aromatic heterocycles. The number of methoxy groups -OCH3 is 1. The minimum atomic E-state index is -1.61. The van der Waals surface area contributed by atoms with Gasteiger partial charge in [-0.25, -0.2) is 4.79 Å². The second-order valence-corrected chi connectivity index (χ2v) is 11.0. The Balaban J connectivity index is 1.83. The molecule has 2 saturated carbocycles. The lowest BCUT2D eigenvalue weighted by atomic mass is 9.37. The number of aliphatic hydroxyl groups is 2. The summed E-state index contributed by atoms with van der Waals surface area (Å²) in [5.74, 6) is -0.696. The van der Waals surface area contributed by atoms with Crippen molar-refractivity contribution in [3.8, 4) is 0 Å². The van der Waals surface area contributed by atoms with Gasteiger partial charge in [-0.15, -0.1) is 0 Å². The van der Waals surface area contributed by atoms with Gasteiger partial charge in [0.2, 0.25) is 0 Å². The Kier molecular flexibility index (Phi) is 5.71. The number of aliphatic imine (C=N–C) groups is 1. The largest absolute Gasteiger partial charge is 0.478 e. The molecule has 0 amide bonds. The summed E-state index contributed by atoms with van der Waals surface area (Å²) >= 11 is 0. The van der Waals surface area contributed by atoms with E-state index in [1.165, 1.54) is 7.11 Å². The Morgan fingerprint density at radius 1 is 1.37 bits per heavy atom. The zero-order chi connectivity index (χ0) is 25.2. The van der Waals surface area contributed by atoms with E-state index in [9.17, 15) is 20.1 Å². The van der Waals surface area contributed by atoms with Gasteiger partial charge in [0.25, 0.3) is 0 Å². The van der Waals surface area contributed by atoms with Gasteiger partial charge in [-0.05, 0) is 36.7 Å². The van der Waals surface area contributed by atoms with Crippen LogP contribution < -0.4 is 11.1 Å². The highest BCUT2D eigenvalue weighted by Crippen LogP contribution is 2.82. The van der Waals surface area contributed by atoms with Crippen molar-refractivity contribution in [3.05, 3.63) is 35.6 Å². The normalized spacial score (nSPS) is 43.5. The third-order valence-corrected chi connectivity index (χ3v) is 10.0. The summed E-state index contributed by atoms with van der Waals surface area (Å²) in [7, 11) is 3.18. The van der Waals surface area contributed by atoms with E-state index in [-0.39, 0.29) is 30.6 Å². The molecule has 0 aromatic rings. The summed E-state index contributed by atoms with van der Waals surface area (Å²) in [6.45, 7) is 3.84. The second-order valence-electron chi connectivity index (χ2n) is 11.0. The van der Waals surface area contributed by atoms with Gasteiger partial charge in [0.05, 0.1) is 18.8 Å². The quantitative estimate of drug-likeness (QED) is 0.153. The topological polar surface area (TPSA) is 141 Å². The number of aliphatic carboxylic acids is 1. The minimum absolute atomic E-state index is 0.0353. The first kappa shape index (κ1) is 24.5. The van der Waals surface area contributed by atoms with Crippen LogP contribution in [0.25, 0.3) is 0 Å². The highest BCUT2D eigenvalue weighted by atomic mass is 16.5. The van der Waals surface area contributed by atoms with E-state index in [0.29, 0.717) is 32.0 Å². The fraction of sp³-hybridized carbons (Fsp3) is 0.692. The molecule has 1 aliphatic heterocycles. The van der Waals surface area contributed by atoms with E-state index in [2.05, 4.69) is 35.5 Å². The van der Waals surface area contributed by atoms with Crippen molar-refractivity contribution in [1.82, 2.24) is 10.2 Å². The monoisotopic (exact) mass is 486 g/mol. The molecule has 35 heavy (non-hydrogen) atoms. The summed E-state index contributed by atoms with van der Waals surface area (Å²) in [4.78, 5) is 19.0. The van der Waals surface area contributed by atoms with Crippen molar-refractivity contribution in [1.29, 1.82) is 0 Å². The average molecular weight is 487 g/mol. The van der Waals surface area contributed by atoms with Crippen LogP contribution in [0.4, 0.5) is 0 Å². The van der Waals surface area contributed by atoms with Gasteiger partial charge in [0.1, 0.15) is 5.60 Å². The number of carboxylic acids is 1. The lowest BCUT2D eigenvalue weighted by molar-refractivity contribution is -0.173. The van der Waals surface area contributed by atoms with Crippen LogP contribution in [-0.4, -0.2) is 84.8 Å². The molecule has 5 rings (SSSR count). The number of aliphatic hydroxyl groups excluding tert-OH is 1. The molecule has 6 N–H and O–H groups in total. The Hall–Kier alpha value is -2.20. The summed E-state index contributed by atoms with van der Waals surface area (Å²) in [5.41, 5.74) is 4.32. The third kappa shape index (κ3) is 2.72. The number of ether oxygens (including phenoxy) is 1. The van der Waals surface area contributed by atoms with Gasteiger partial charge in [-0.1, -0.05) is 25.2 Å². The molecular formula is C26H38N4O5. The molecule has 2 bridgehead atoms. The molecule has 2 fully saturated rings. The molecule has 9 nitrogen and oxygen atoms in total. The maximum absolute atomic E-state index is 12.8. The zero-order valence-electron chi connectivity index (χ0n) is 20.8. The van der Waals surface area contributed by atoms with Gasteiger partial charge < -0.3 is 36.0 Å². The van der Waals surface area contributed by atoms with Crippen LogP contribution in [0.15, 0.2) is 40.6 Å². The number of carboxylic acid groups (broad SMARTS) is 1. The lowest BCUT2D eigenvalue weighted by Crippen LogP contribution is -2.70. The van der Waals surface area contributed by atoms with E-state index in [1.54, 1.807) is 7.05 Å². The minimum Gasteiger partial charge on any atom is -0.478 e. The molecular weight excluding hydrogens is 448 g/mol. The Morgan fingerprint density at radius 3 is 2.80 bits per heavy atom. The third-order valence-electron chi connectivity index (χ3n) is 10.0. The van der Waals surface area contributed by atoms with Gasteiger partial charge in [-0.2, -0.15) is 0 Å². The Morgan fingerprint density at radius 2 is 2.14 bits per heavy atom. The number of hydrogen-bond donors (Lipinski definition) is 5. The van der Waals surface area contributed by atoms with Crippen molar-refractivity contribution in [3.63, 3.8) is 0 Å². The number of nitrogens with one attached hydrogen (secondary N) is 1. The number of nitrogens with two attached hydrogens (primary N) is 1. The van der Waals surface area contributed by atoms with Crippen LogP contribution in [0.2, 0.25) is 0 Å². The number of guanidine groups is 1. The predicted molar refractivity (Wildman–Crippen MR) is 131 cm³/mol. The van der Waals surface area contributed by atoms with E-state index in [1.807, 2.05) is 11.1 Å². The van der Waals surface area contributed by atoms with Crippen molar-refractivity contribution < 1.29 is 24.9 Å². The van der Waals surface area contributed by atoms with Crippen molar-refractivity contribution in [2.24, 2.45) is 44.7 Å². The molecule has 1 heterocycles. The highest BCUT2D eigenvalue weighted by Gasteiger charge is 2.82. The van der Waals surface area contributed by atoms with Crippen molar-refractivity contribution in [2.75, 3.05) is 47.0 Å². The van der Waals surface area contributed by atoms with Crippen molar-refractivity contribution in [2.45, 2.75) is 31.8 Å². The smallest absolute Gasteiger partial charge is 0.334 e. The Bertz CT molecular complexity index is 1040. The summed E-state index contributed by atoms with van der Waals surface area (Å²) in [5, 5.41) is 35.5. The standard InChI is InChI=1S/C26H38N4O5/c1-16-4-5-17-12-18-20(21(32)33)24(34,15-35-3)19-6-7-23(13-29-9-11-31)8-10-30(22(27)28-2)14-25(17,23)26(16,18)19/h6-8,10,16-17,19,29,31,34H,4-5,9,11-15H2,1-3H3,(H2,27,28)(H,32,33). The maximum atomic E-state index is 12.8. The first-order valence-corrected chi connectivity index (χ1v) is 12.6. The molecule has 2 spiro atoms. The molecule has 0 saturated heterocycles. The van der Waals surface area contributed by atoms with Crippen LogP contribution in [0.3, 0.4) is 0 Å². The number of carbonyl (C=O) groups is 1.